The maximum atomic E-state index is 11.9. The van der Waals surface area contributed by atoms with E-state index in [1.807, 2.05) is 6.92 Å². The molecule has 0 aromatic rings. The first-order valence-corrected chi connectivity index (χ1v) is 7.89. The van der Waals surface area contributed by atoms with Crippen molar-refractivity contribution < 1.29 is 14.7 Å². The van der Waals surface area contributed by atoms with E-state index < -0.39 is 5.97 Å². The molecule has 0 saturated heterocycles. The number of hydrogen-bond acceptors (Lipinski definition) is 3. The van der Waals surface area contributed by atoms with Crippen LogP contribution in [-0.4, -0.2) is 30.1 Å². The molecular weight excluding hydrogens is 268 g/mol. The van der Waals surface area contributed by atoms with Gasteiger partial charge < -0.3 is 16.2 Å². The fraction of sp³-hybridized carbons (Fsp3) is 0.875. The molecule has 0 aromatic carbocycles. The Labute approximate surface area is 128 Å². The molecule has 0 aromatic heterocycles. The van der Waals surface area contributed by atoms with Gasteiger partial charge in [-0.15, -0.1) is 0 Å². The van der Waals surface area contributed by atoms with Gasteiger partial charge in [0.2, 0.25) is 5.91 Å². The molecule has 0 aliphatic rings. The van der Waals surface area contributed by atoms with Crippen molar-refractivity contribution in [3.63, 3.8) is 0 Å². The molecule has 5 nitrogen and oxygen atoms in total. The summed E-state index contributed by atoms with van der Waals surface area (Å²) in [6.07, 6.45) is 3.08. The topological polar surface area (TPSA) is 92.4 Å². The van der Waals surface area contributed by atoms with Crippen LogP contribution >= 0.6 is 0 Å². The number of amides is 1. The van der Waals surface area contributed by atoms with Gasteiger partial charge in [-0.05, 0) is 36.6 Å². The number of carbonyl (C=O) groups excluding carboxylic acids is 1. The fourth-order valence-electron chi connectivity index (χ4n) is 2.47. The minimum absolute atomic E-state index is 0.00473. The normalized spacial score (nSPS) is 14.5. The second-order valence-electron chi connectivity index (χ2n) is 6.86. The summed E-state index contributed by atoms with van der Waals surface area (Å²) in [6.45, 7) is 9.54. The third-order valence-corrected chi connectivity index (χ3v) is 4.09. The van der Waals surface area contributed by atoms with Crippen LogP contribution in [0.3, 0.4) is 0 Å². The molecule has 0 rings (SSSR count). The molecule has 5 heteroatoms. The standard InChI is InChI=1S/C16H32N2O3/c1-5-12(10-15(20)21)11-18-14(19)7-6-13(8-9-17)16(2,3)4/h12-13H,5-11,17H2,1-4H3,(H,18,19)(H,20,21). The first kappa shape index (κ1) is 19.9. The molecule has 1 amide bonds. The van der Waals surface area contributed by atoms with E-state index in [4.69, 9.17) is 10.8 Å². The van der Waals surface area contributed by atoms with Crippen LogP contribution in [-0.2, 0) is 9.59 Å². The maximum absolute atomic E-state index is 11.9. The van der Waals surface area contributed by atoms with Crippen molar-refractivity contribution in [3.8, 4) is 0 Å². The number of carboxylic acid groups (broad SMARTS) is 1. The maximum Gasteiger partial charge on any atom is 0.303 e. The summed E-state index contributed by atoms with van der Waals surface area (Å²) in [5.41, 5.74) is 5.79. The monoisotopic (exact) mass is 300 g/mol. The summed E-state index contributed by atoms with van der Waals surface area (Å²) in [5, 5.41) is 11.6. The predicted octanol–water partition coefficient (Wildman–Crippen LogP) is 2.39. The van der Waals surface area contributed by atoms with Gasteiger partial charge in [0.25, 0.3) is 0 Å². The highest BCUT2D eigenvalue weighted by Gasteiger charge is 2.24. The first-order chi connectivity index (χ1) is 9.70. The molecule has 2 atom stereocenters. The molecule has 0 saturated carbocycles. The van der Waals surface area contributed by atoms with Crippen molar-refractivity contribution >= 4 is 11.9 Å². The van der Waals surface area contributed by atoms with Gasteiger partial charge in [-0.1, -0.05) is 34.1 Å². The van der Waals surface area contributed by atoms with E-state index in [9.17, 15) is 9.59 Å². The van der Waals surface area contributed by atoms with E-state index in [0.717, 1.165) is 19.3 Å². The van der Waals surface area contributed by atoms with Crippen molar-refractivity contribution in [3.05, 3.63) is 0 Å². The first-order valence-electron chi connectivity index (χ1n) is 7.89. The molecule has 21 heavy (non-hydrogen) atoms. The van der Waals surface area contributed by atoms with Crippen LogP contribution in [0.25, 0.3) is 0 Å². The largest absolute Gasteiger partial charge is 0.481 e. The molecule has 0 bridgehead atoms. The van der Waals surface area contributed by atoms with Gasteiger partial charge in [0.15, 0.2) is 0 Å². The Bertz CT molecular complexity index is 324. The Balaban J connectivity index is 4.15. The molecule has 0 aliphatic carbocycles. The lowest BCUT2D eigenvalue weighted by Gasteiger charge is -2.30. The van der Waals surface area contributed by atoms with Gasteiger partial charge in [0.1, 0.15) is 0 Å². The Morgan fingerprint density at radius 1 is 1.24 bits per heavy atom. The Hall–Kier alpha value is -1.10. The summed E-state index contributed by atoms with van der Waals surface area (Å²) >= 11 is 0. The van der Waals surface area contributed by atoms with Gasteiger partial charge in [-0.2, -0.15) is 0 Å². The number of nitrogens with two attached hydrogens (primary N) is 1. The van der Waals surface area contributed by atoms with Gasteiger partial charge >= 0.3 is 5.97 Å². The average molecular weight is 300 g/mol. The number of carbonyl (C=O) groups is 2. The molecule has 124 valence electrons. The molecule has 0 heterocycles. The highest BCUT2D eigenvalue weighted by molar-refractivity contribution is 5.76. The summed E-state index contributed by atoms with van der Waals surface area (Å²) in [5.74, 6) is -0.375. The third kappa shape index (κ3) is 9.45. The Morgan fingerprint density at radius 2 is 1.86 bits per heavy atom. The Kier molecular flexibility index (Phi) is 9.26. The van der Waals surface area contributed by atoms with Gasteiger partial charge in [-0.25, -0.2) is 0 Å². The molecular formula is C16H32N2O3. The lowest BCUT2D eigenvalue weighted by Crippen LogP contribution is -2.31. The van der Waals surface area contributed by atoms with Crippen LogP contribution in [0, 0.1) is 17.3 Å². The summed E-state index contributed by atoms with van der Waals surface area (Å²) in [6, 6.07) is 0. The van der Waals surface area contributed by atoms with Gasteiger partial charge in [0, 0.05) is 19.4 Å². The van der Waals surface area contributed by atoms with Crippen LogP contribution in [0.1, 0.15) is 59.8 Å². The van der Waals surface area contributed by atoms with E-state index in [0.29, 0.717) is 25.4 Å². The smallest absolute Gasteiger partial charge is 0.303 e. The summed E-state index contributed by atoms with van der Waals surface area (Å²) in [7, 11) is 0. The number of nitrogens with one attached hydrogen (secondary N) is 1. The molecule has 0 fully saturated rings. The van der Waals surface area contributed by atoms with E-state index in [-0.39, 0.29) is 23.7 Å². The van der Waals surface area contributed by atoms with E-state index in [2.05, 4.69) is 26.1 Å². The lowest BCUT2D eigenvalue weighted by atomic mass is 9.76. The number of aliphatic carboxylic acids is 1. The summed E-state index contributed by atoms with van der Waals surface area (Å²) in [4.78, 5) is 22.6. The summed E-state index contributed by atoms with van der Waals surface area (Å²) < 4.78 is 0. The van der Waals surface area contributed by atoms with E-state index >= 15 is 0 Å². The number of rotatable bonds is 10. The van der Waals surface area contributed by atoms with Crippen molar-refractivity contribution in [2.45, 2.75) is 59.8 Å². The Morgan fingerprint density at radius 3 is 2.29 bits per heavy atom. The van der Waals surface area contributed by atoms with Crippen LogP contribution in [0.2, 0.25) is 0 Å². The predicted molar refractivity (Wildman–Crippen MR) is 84.9 cm³/mol. The minimum Gasteiger partial charge on any atom is -0.481 e. The number of carboxylic acids is 1. The van der Waals surface area contributed by atoms with Crippen molar-refractivity contribution in [1.82, 2.24) is 5.32 Å². The SMILES string of the molecule is CCC(CNC(=O)CCC(CCN)C(C)(C)C)CC(=O)O. The zero-order valence-electron chi connectivity index (χ0n) is 13.9. The zero-order valence-corrected chi connectivity index (χ0v) is 13.9. The van der Waals surface area contributed by atoms with E-state index in [1.165, 1.54) is 0 Å². The lowest BCUT2D eigenvalue weighted by molar-refractivity contribution is -0.138. The average Bonchev–Trinajstić information content (AvgIpc) is 2.37. The minimum atomic E-state index is -0.813. The third-order valence-electron chi connectivity index (χ3n) is 4.09. The molecule has 0 radical (unpaired) electrons. The fourth-order valence-corrected chi connectivity index (χ4v) is 2.47. The van der Waals surface area contributed by atoms with Crippen LogP contribution in [0.5, 0.6) is 0 Å². The van der Waals surface area contributed by atoms with Gasteiger partial charge in [0.05, 0.1) is 0 Å². The highest BCUT2D eigenvalue weighted by Crippen LogP contribution is 2.31. The van der Waals surface area contributed by atoms with Crippen molar-refractivity contribution in [2.24, 2.45) is 23.0 Å². The molecule has 2 unspecified atom stereocenters. The number of hydrogen-bond donors (Lipinski definition) is 3. The van der Waals surface area contributed by atoms with Crippen molar-refractivity contribution in [2.75, 3.05) is 13.1 Å². The second kappa shape index (κ2) is 9.77. The molecule has 0 aliphatic heterocycles. The molecule has 0 spiro atoms. The quantitative estimate of drug-likeness (QED) is 0.577. The highest BCUT2D eigenvalue weighted by atomic mass is 16.4. The second-order valence-corrected chi connectivity index (χ2v) is 6.86. The van der Waals surface area contributed by atoms with E-state index in [1.54, 1.807) is 0 Å². The zero-order chi connectivity index (χ0) is 16.5. The van der Waals surface area contributed by atoms with Crippen LogP contribution in [0.4, 0.5) is 0 Å². The van der Waals surface area contributed by atoms with Crippen LogP contribution < -0.4 is 11.1 Å². The van der Waals surface area contributed by atoms with Crippen molar-refractivity contribution in [1.29, 1.82) is 0 Å². The van der Waals surface area contributed by atoms with Crippen LogP contribution in [0.15, 0.2) is 0 Å². The molecule has 4 N–H and O–H groups in total. The van der Waals surface area contributed by atoms with Gasteiger partial charge in [-0.3, -0.25) is 9.59 Å².